The van der Waals surface area contributed by atoms with Gasteiger partial charge in [0.15, 0.2) is 0 Å². The Kier molecular flexibility index (Phi) is 6.41. The fourth-order valence-corrected chi connectivity index (χ4v) is 2.07. The zero-order valence-corrected chi connectivity index (χ0v) is 9.58. The summed E-state index contributed by atoms with van der Waals surface area (Å²) in [6, 6.07) is 0. The van der Waals surface area contributed by atoms with Gasteiger partial charge in [0, 0.05) is 26.1 Å². The Morgan fingerprint density at radius 2 is 1.73 bits per heavy atom. The largest absolute Gasteiger partial charge is 0.396 e. The molecule has 0 aliphatic carbocycles. The lowest BCUT2D eigenvalue weighted by Crippen LogP contribution is -2.33. The maximum absolute atomic E-state index is 11.8. The molecule has 1 heterocycles. The van der Waals surface area contributed by atoms with E-state index in [0.29, 0.717) is 12.8 Å². The molecule has 1 fully saturated rings. The van der Waals surface area contributed by atoms with Crippen molar-refractivity contribution in [3.8, 4) is 0 Å². The van der Waals surface area contributed by atoms with Crippen LogP contribution in [0.3, 0.4) is 0 Å². The highest BCUT2D eigenvalue weighted by Gasteiger charge is 2.13. The third kappa shape index (κ3) is 5.17. The predicted octanol–water partition coefficient (Wildman–Crippen LogP) is 1.94. The molecule has 1 rings (SSSR count). The second kappa shape index (κ2) is 7.69. The van der Waals surface area contributed by atoms with Crippen molar-refractivity contribution in [3.63, 3.8) is 0 Å². The topological polar surface area (TPSA) is 40.5 Å². The molecule has 3 nitrogen and oxygen atoms in total. The maximum Gasteiger partial charge on any atom is 0.222 e. The van der Waals surface area contributed by atoms with Crippen LogP contribution in [-0.4, -0.2) is 35.6 Å². The van der Waals surface area contributed by atoms with Gasteiger partial charge in [0.1, 0.15) is 0 Å². The minimum Gasteiger partial charge on any atom is -0.396 e. The Labute approximate surface area is 92.5 Å². The summed E-state index contributed by atoms with van der Waals surface area (Å²) in [6.07, 6.45) is 8.59. The normalized spacial score (nSPS) is 20.3. The molecule has 0 spiro atoms. The van der Waals surface area contributed by atoms with Crippen LogP contribution in [0, 0.1) is 0 Å². The van der Waals surface area contributed by atoms with Crippen LogP contribution in [0.2, 0.25) is 0 Å². The number of carbonyl (C=O) groups is 1. The van der Waals surface area contributed by atoms with Crippen molar-refractivity contribution in [2.75, 3.05) is 19.7 Å². The summed E-state index contributed by atoms with van der Waals surface area (Å²) >= 11 is 0. The van der Waals surface area contributed by atoms with Gasteiger partial charge < -0.3 is 10.0 Å². The summed E-state index contributed by atoms with van der Waals surface area (Å²) in [5.74, 6) is 0.283. The summed E-state index contributed by atoms with van der Waals surface area (Å²) in [5.41, 5.74) is 0. The van der Waals surface area contributed by atoms with Gasteiger partial charge in [0.2, 0.25) is 5.91 Å². The standard InChI is InChI=1S/C12H23NO2/c14-11-7-10-13-9-6-4-2-1-3-5-8-12(13)15/h14H,1-11H2. The first-order valence-corrected chi connectivity index (χ1v) is 6.23. The van der Waals surface area contributed by atoms with Crippen LogP contribution in [0.25, 0.3) is 0 Å². The van der Waals surface area contributed by atoms with Crippen molar-refractivity contribution in [3.05, 3.63) is 0 Å². The molecule has 0 saturated carbocycles. The molecule has 1 aliphatic rings. The molecule has 3 heteroatoms. The minimum atomic E-state index is 0.184. The van der Waals surface area contributed by atoms with Gasteiger partial charge in [-0.1, -0.05) is 25.7 Å². The van der Waals surface area contributed by atoms with E-state index >= 15 is 0 Å². The van der Waals surface area contributed by atoms with E-state index < -0.39 is 0 Å². The Hall–Kier alpha value is -0.570. The number of hydrogen-bond acceptors (Lipinski definition) is 2. The van der Waals surface area contributed by atoms with Crippen LogP contribution < -0.4 is 0 Å². The van der Waals surface area contributed by atoms with E-state index in [4.69, 9.17) is 5.11 Å². The van der Waals surface area contributed by atoms with E-state index in [1.807, 2.05) is 4.90 Å². The molecule has 0 unspecified atom stereocenters. The first-order valence-electron chi connectivity index (χ1n) is 6.23. The number of aliphatic hydroxyl groups is 1. The monoisotopic (exact) mass is 213 g/mol. The van der Waals surface area contributed by atoms with Crippen LogP contribution in [0.5, 0.6) is 0 Å². The molecule has 1 aliphatic heterocycles. The third-order valence-corrected chi connectivity index (χ3v) is 3.01. The lowest BCUT2D eigenvalue weighted by Gasteiger charge is -2.23. The van der Waals surface area contributed by atoms with Crippen molar-refractivity contribution in [1.29, 1.82) is 0 Å². The van der Waals surface area contributed by atoms with Crippen LogP contribution in [-0.2, 0) is 4.79 Å². The number of amides is 1. The average Bonchev–Trinajstić information content (AvgIpc) is 2.26. The van der Waals surface area contributed by atoms with E-state index in [1.165, 1.54) is 25.7 Å². The molecule has 1 N–H and O–H groups in total. The Balaban J connectivity index is 2.36. The van der Waals surface area contributed by atoms with E-state index in [0.717, 1.165) is 25.9 Å². The van der Waals surface area contributed by atoms with E-state index in [2.05, 4.69) is 0 Å². The molecular formula is C12H23NO2. The lowest BCUT2D eigenvalue weighted by atomic mass is 10.1. The Bertz CT molecular complexity index is 182. The molecular weight excluding hydrogens is 190 g/mol. The third-order valence-electron chi connectivity index (χ3n) is 3.01. The Morgan fingerprint density at radius 3 is 2.47 bits per heavy atom. The molecule has 0 bridgehead atoms. The SMILES string of the molecule is O=C1CCCCCCCCN1CCCO. The molecule has 15 heavy (non-hydrogen) atoms. The summed E-state index contributed by atoms with van der Waals surface area (Å²) in [4.78, 5) is 13.7. The van der Waals surface area contributed by atoms with E-state index in [1.54, 1.807) is 0 Å². The number of aliphatic hydroxyl groups excluding tert-OH is 1. The van der Waals surface area contributed by atoms with Gasteiger partial charge in [-0.25, -0.2) is 0 Å². The quantitative estimate of drug-likeness (QED) is 0.778. The van der Waals surface area contributed by atoms with Crippen LogP contribution in [0.4, 0.5) is 0 Å². The second-order valence-corrected chi connectivity index (χ2v) is 4.33. The average molecular weight is 213 g/mol. The van der Waals surface area contributed by atoms with E-state index in [-0.39, 0.29) is 12.5 Å². The van der Waals surface area contributed by atoms with Gasteiger partial charge in [-0.3, -0.25) is 4.79 Å². The molecule has 0 radical (unpaired) electrons. The van der Waals surface area contributed by atoms with Gasteiger partial charge in [-0.15, -0.1) is 0 Å². The van der Waals surface area contributed by atoms with Crippen molar-refractivity contribution in [2.24, 2.45) is 0 Å². The summed E-state index contributed by atoms with van der Waals surface area (Å²) in [6.45, 7) is 1.80. The highest BCUT2D eigenvalue weighted by Crippen LogP contribution is 2.12. The second-order valence-electron chi connectivity index (χ2n) is 4.33. The van der Waals surface area contributed by atoms with Crippen LogP contribution in [0.15, 0.2) is 0 Å². The van der Waals surface area contributed by atoms with Crippen LogP contribution in [0.1, 0.15) is 51.4 Å². The van der Waals surface area contributed by atoms with Crippen LogP contribution >= 0.6 is 0 Å². The fourth-order valence-electron chi connectivity index (χ4n) is 2.07. The number of hydrogen-bond donors (Lipinski definition) is 1. The Morgan fingerprint density at radius 1 is 1.07 bits per heavy atom. The minimum absolute atomic E-state index is 0.184. The lowest BCUT2D eigenvalue weighted by molar-refractivity contribution is -0.131. The van der Waals surface area contributed by atoms with E-state index in [9.17, 15) is 4.79 Å². The summed E-state index contributed by atoms with van der Waals surface area (Å²) in [5, 5.41) is 8.77. The summed E-state index contributed by atoms with van der Waals surface area (Å²) in [7, 11) is 0. The molecule has 88 valence electrons. The van der Waals surface area contributed by atoms with Gasteiger partial charge in [-0.05, 0) is 19.3 Å². The molecule has 0 aromatic rings. The van der Waals surface area contributed by atoms with Crippen molar-refractivity contribution < 1.29 is 9.90 Å². The van der Waals surface area contributed by atoms with Gasteiger partial charge in [0.05, 0.1) is 0 Å². The van der Waals surface area contributed by atoms with Crippen molar-refractivity contribution in [2.45, 2.75) is 51.4 Å². The first kappa shape index (κ1) is 12.5. The molecule has 0 aromatic heterocycles. The molecule has 1 amide bonds. The number of carbonyl (C=O) groups excluding carboxylic acids is 1. The van der Waals surface area contributed by atoms with Gasteiger partial charge in [-0.2, -0.15) is 0 Å². The van der Waals surface area contributed by atoms with Gasteiger partial charge in [0.25, 0.3) is 0 Å². The molecule has 0 atom stereocenters. The highest BCUT2D eigenvalue weighted by molar-refractivity contribution is 5.76. The number of rotatable bonds is 3. The molecule has 0 aromatic carbocycles. The van der Waals surface area contributed by atoms with Gasteiger partial charge >= 0.3 is 0 Å². The highest BCUT2D eigenvalue weighted by atomic mass is 16.3. The predicted molar refractivity (Wildman–Crippen MR) is 60.6 cm³/mol. The molecule has 1 saturated heterocycles. The zero-order chi connectivity index (χ0) is 10.9. The van der Waals surface area contributed by atoms with Crippen molar-refractivity contribution >= 4 is 5.91 Å². The zero-order valence-electron chi connectivity index (χ0n) is 9.58. The summed E-state index contributed by atoms with van der Waals surface area (Å²) < 4.78 is 0. The smallest absolute Gasteiger partial charge is 0.222 e. The fraction of sp³-hybridized carbons (Fsp3) is 0.917. The maximum atomic E-state index is 11.8. The number of nitrogens with zero attached hydrogens (tertiary/aromatic N) is 1. The first-order chi connectivity index (χ1) is 7.34. The van der Waals surface area contributed by atoms with Crippen molar-refractivity contribution in [1.82, 2.24) is 4.90 Å².